The molecule has 0 atom stereocenters. The molecule has 2 heterocycles. The second-order valence-electron chi connectivity index (χ2n) is 4.67. The van der Waals surface area contributed by atoms with Crippen molar-refractivity contribution in [2.75, 3.05) is 0 Å². The fourth-order valence-electron chi connectivity index (χ4n) is 2.04. The maximum absolute atomic E-state index is 13.5. The molecule has 0 saturated heterocycles. The molecule has 3 rings (SSSR count). The average Bonchev–Trinajstić information content (AvgIpc) is 3.05. The Bertz CT molecular complexity index is 786. The summed E-state index contributed by atoms with van der Waals surface area (Å²) in [5.74, 6) is -0.514. The maximum atomic E-state index is 13.5. The molecule has 0 aliphatic carbocycles. The standard InChI is InChI=1S/C17H13FN2OS/c18-14-4-2-1-3-13(14)11-20-17(21)16-6-5-15(22-16)12-7-9-19-10-8-12/h1-10H,11H2,(H,20,21). The van der Waals surface area contributed by atoms with Gasteiger partial charge in [0.25, 0.3) is 5.91 Å². The molecule has 5 heteroatoms. The van der Waals surface area contributed by atoms with Crippen molar-refractivity contribution in [3.8, 4) is 10.4 Å². The normalized spacial score (nSPS) is 10.4. The van der Waals surface area contributed by atoms with Crippen molar-refractivity contribution in [2.45, 2.75) is 6.54 Å². The predicted octanol–water partition coefficient (Wildman–Crippen LogP) is 3.88. The lowest BCUT2D eigenvalue weighted by molar-refractivity contribution is 0.0954. The number of amides is 1. The molecule has 1 amide bonds. The van der Waals surface area contributed by atoms with Crippen molar-refractivity contribution >= 4 is 17.2 Å². The molecular weight excluding hydrogens is 299 g/mol. The summed E-state index contributed by atoms with van der Waals surface area (Å²) in [4.78, 5) is 17.7. The number of rotatable bonds is 4. The van der Waals surface area contributed by atoms with Crippen molar-refractivity contribution < 1.29 is 9.18 Å². The van der Waals surface area contributed by atoms with Gasteiger partial charge in [0.2, 0.25) is 0 Å². The molecular formula is C17H13FN2OS. The fourth-order valence-corrected chi connectivity index (χ4v) is 2.96. The van der Waals surface area contributed by atoms with Crippen LogP contribution in [0, 0.1) is 5.82 Å². The van der Waals surface area contributed by atoms with Gasteiger partial charge in [0.1, 0.15) is 5.82 Å². The first-order chi connectivity index (χ1) is 10.7. The molecule has 22 heavy (non-hydrogen) atoms. The minimum atomic E-state index is -0.313. The number of carbonyl (C=O) groups excluding carboxylic acids is 1. The van der Waals surface area contributed by atoms with Gasteiger partial charge in [-0.05, 0) is 35.9 Å². The van der Waals surface area contributed by atoms with Gasteiger partial charge in [-0.15, -0.1) is 11.3 Å². The largest absolute Gasteiger partial charge is 0.347 e. The number of aromatic nitrogens is 1. The van der Waals surface area contributed by atoms with Gasteiger partial charge in [0.15, 0.2) is 0 Å². The monoisotopic (exact) mass is 312 g/mol. The molecule has 0 radical (unpaired) electrons. The SMILES string of the molecule is O=C(NCc1ccccc1F)c1ccc(-c2ccncc2)s1. The first-order valence-corrected chi connectivity index (χ1v) is 7.57. The molecule has 0 aliphatic heterocycles. The quantitative estimate of drug-likeness (QED) is 0.794. The van der Waals surface area contributed by atoms with Crippen molar-refractivity contribution in [1.82, 2.24) is 10.3 Å². The molecule has 0 saturated carbocycles. The first kappa shape index (κ1) is 14.4. The third-order valence-electron chi connectivity index (χ3n) is 3.19. The Balaban J connectivity index is 1.69. The Morgan fingerprint density at radius 1 is 1.09 bits per heavy atom. The lowest BCUT2D eigenvalue weighted by Gasteiger charge is -2.04. The van der Waals surface area contributed by atoms with Crippen LogP contribution in [0.25, 0.3) is 10.4 Å². The van der Waals surface area contributed by atoms with Gasteiger partial charge in [-0.25, -0.2) is 4.39 Å². The highest BCUT2D eigenvalue weighted by atomic mass is 32.1. The maximum Gasteiger partial charge on any atom is 0.261 e. The number of carbonyl (C=O) groups is 1. The summed E-state index contributed by atoms with van der Waals surface area (Å²) in [5.41, 5.74) is 1.50. The molecule has 0 unspecified atom stereocenters. The molecule has 2 aromatic heterocycles. The fraction of sp³-hybridized carbons (Fsp3) is 0.0588. The number of benzene rings is 1. The average molecular weight is 312 g/mol. The van der Waals surface area contributed by atoms with E-state index in [-0.39, 0.29) is 18.3 Å². The van der Waals surface area contributed by atoms with Crippen LogP contribution in [0.15, 0.2) is 60.9 Å². The molecule has 3 aromatic rings. The zero-order valence-corrected chi connectivity index (χ0v) is 12.4. The van der Waals surface area contributed by atoms with E-state index in [4.69, 9.17) is 0 Å². The Morgan fingerprint density at radius 2 is 1.86 bits per heavy atom. The van der Waals surface area contributed by atoms with E-state index >= 15 is 0 Å². The van der Waals surface area contributed by atoms with E-state index in [0.717, 1.165) is 10.4 Å². The van der Waals surface area contributed by atoms with Crippen LogP contribution in [0.3, 0.4) is 0 Å². The summed E-state index contributed by atoms with van der Waals surface area (Å²) < 4.78 is 13.5. The van der Waals surface area contributed by atoms with Crippen LogP contribution in [-0.4, -0.2) is 10.9 Å². The Morgan fingerprint density at radius 3 is 2.64 bits per heavy atom. The minimum Gasteiger partial charge on any atom is -0.347 e. The van der Waals surface area contributed by atoms with E-state index in [1.54, 1.807) is 36.7 Å². The number of thiophene rings is 1. The molecule has 110 valence electrons. The van der Waals surface area contributed by atoms with Crippen LogP contribution in [0.4, 0.5) is 4.39 Å². The van der Waals surface area contributed by atoms with Crippen molar-refractivity contribution in [3.63, 3.8) is 0 Å². The second-order valence-corrected chi connectivity index (χ2v) is 5.76. The number of nitrogens with zero attached hydrogens (tertiary/aromatic N) is 1. The summed E-state index contributed by atoms with van der Waals surface area (Å²) in [7, 11) is 0. The van der Waals surface area contributed by atoms with E-state index in [1.165, 1.54) is 17.4 Å². The summed E-state index contributed by atoms with van der Waals surface area (Å²) in [6, 6.07) is 13.9. The van der Waals surface area contributed by atoms with Crippen molar-refractivity contribution in [1.29, 1.82) is 0 Å². The van der Waals surface area contributed by atoms with E-state index in [9.17, 15) is 9.18 Å². The Hall–Kier alpha value is -2.53. The summed E-state index contributed by atoms with van der Waals surface area (Å²) in [6.07, 6.45) is 3.43. The number of halogens is 1. The topological polar surface area (TPSA) is 42.0 Å². The van der Waals surface area contributed by atoms with Gasteiger partial charge in [-0.2, -0.15) is 0 Å². The number of nitrogens with one attached hydrogen (secondary N) is 1. The second kappa shape index (κ2) is 6.49. The third kappa shape index (κ3) is 3.20. The lowest BCUT2D eigenvalue weighted by Crippen LogP contribution is -2.22. The Labute approximate surface area is 131 Å². The highest BCUT2D eigenvalue weighted by Gasteiger charge is 2.11. The van der Waals surface area contributed by atoms with Gasteiger partial charge < -0.3 is 5.32 Å². The molecule has 0 aliphatic rings. The van der Waals surface area contributed by atoms with Crippen LogP contribution < -0.4 is 5.32 Å². The smallest absolute Gasteiger partial charge is 0.261 e. The van der Waals surface area contributed by atoms with E-state index in [0.29, 0.717) is 10.4 Å². The van der Waals surface area contributed by atoms with E-state index in [1.807, 2.05) is 18.2 Å². The van der Waals surface area contributed by atoms with Crippen molar-refractivity contribution in [2.24, 2.45) is 0 Å². The van der Waals surface area contributed by atoms with Gasteiger partial charge in [-0.1, -0.05) is 18.2 Å². The minimum absolute atomic E-state index is 0.175. The Kier molecular flexibility index (Phi) is 4.25. The van der Waals surface area contributed by atoms with E-state index in [2.05, 4.69) is 10.3 Å². The number of pyridine rings is 1. The van der Waals surface area contributed by atoms with Gasteiger partial charge in [0, 0.05) is 29.4 Å². The molecule has 1 aromatic carbocycles. The summed E-state index contributed by atoms with van der Waals surface area (Å²) >= 11 is 1.40. The zero-order chi connectivity index (χ0) is 15.4. The highest BCUT2D eigenvalue weighted by molar-refractivity contribution is 7.17. The summed E-state index contributed by atoms with van der Waals surface area (Å²) in [5, 5.41) is 2.74. The highest BCUT2D eigenvalue weighted by Crippen LogP contribution is 2.27. The van der Waals surface area contributed by atoms with Crippen LogP contribution >= 0.6 is 11.3 Å². The number of hydrogen-bond acceptors (Lipinski definition) is 3. The van der Waals surface area contributed by atoms with Gasteiger partial charge in [0.05, 0.1) is 4.88 Å². The van der Waals surface area contributed by atoms with Crippen LogP contribution in [0.1, 0.15) is 15.2 Å². The van der Waals surface area contributed by atoms with Gasteiger partial charge in [-0.3, -0.25) is 9.78 Å². The zero-order valence-electron chi connectivity index (χ0n) is 11.6. The molecule has 0 bridgehead atoms. The molecule has 3 nitrogen and oxygen atoms in total. The van der Waals surface area contributed by atoms with Crippen LogP contribution in [0.2, 0.25) is 0 Å². The van der Waals surface area contributed by atoms with Crippen LogP contribution in [-0.2, 0) is 6.54 Å². The van der Waals surface area contributed by atoms with E-state index < -0.39 is 0 Å². The lowest BCUT2D eigenvalue weighted by atomic mass is 10.2. The van der Waals surface area contributed by atoms with Crippen LogP contribution in [0.5, 0.6) is 0 Å². The molecule has 0 fully saturated rings. The summed E-state index contributed by atoms with van der Waals surface area (Å²) in [6.45, 7) is 0.175. The predicted molar refractivity (Wildman–Crippen MR) is 85.1 cm³/mol. The molecule has 1 N–H and O–H groups in total. The molecule has 0 spiro atoms. The third-order valence-corrected chi connectivity index (χ3v) is 4.32. The van der Waals surface area contributed by atoms with Gasteiger partial charge >= 0.3 is 0 Å². The number of hydrogen-bond donors (Lipinski definition) is 1. The first-order valence-electron chi connectivity index (χ1n) is 6.76. The van der Waals surface area contributed by atoms with Crippen molar-refractivity contribution in [3.05, 3.63) is 77.2 Å².